The van der Waals surface area contributed by atoms with Crippen LogP contribution in [0, 0.1) is 5.82 Å². The van der Waals surface area contributed by atoms with Gasteiger partial charge in [0.25, 0.3) is 0 Å². The van der Waals surface area contributed by atoms with Crippen molar-refractivity contribution in [3.63, 3.8) is 0 Å². The van der Waals surface area contributed by atoms with Gasteiger partial charge in [-0.25, -0.2) is 17.5 Å². The lowest BCUT2D eigenvalue weighted by molar-refractivity contribution is 0.383. The Kier molecular flexibility index (Phi) is 5.61. The van der Waals surface area contributed by atoms with Gasteiger partial charge in [-0.3, -0.25) is 4.98 Å². The Hall–Kier alpha value is -1.05. The summed E-state index contributed by atoms with van der Waals surface area (Å²) in [5, 5.41) is 3.26. The third kappa shape index (κ3) is 5.94. The average molecular weight is 303 g/mol. The van der Waals surface area contributed by atoms with E-state index in [2.05, 4.69) is 15.0 Å². The summed E-state index contributed by atoms with van der Waals surface area (Å²) in [6.07, 6.45) is 3.08. The molecule has 1 unspecified atom stereocenters. The third-order valence-corrected chi connectivity index (χ3v) is 3.69. The van der Waals surface area contributed by atoms with Crippen LogP contribution in [-0.2, 0) is 10.0 Å². The second kappa shape index (κ2) is 6.60. The molecule has 1 rings (SSSR count). The van der Waals surface area contributed by atoms with Crippen molar-refractivity contribution in [2.24, 2.45) is 0 Å². The van der Waals surface area contributed by atoms with Crippen LogP contribution in [0.1, 0.15) is 38.9 Å². The summed E-state index contributed by atoms with van der Waals surface area (Å²) >= 11 is 0. The molecule has 0 spiro atoms. The van der Waals surface area contributed by atoms with E-state index in [9.17, 15) is 12.8 Å². The maximum Gasteiger partial charge on any atom is 0.209 e. The zero-order valence-corrected chi connectivity index (χ0v) is 13.1. The smallest absolute Gasteiger partial charge is 0.209 e. The minimum absolute atomic E-state index is 0.0452. The van der Waals surface area contributed by atoms with Crippen LogP contribution in [0.15, 0.2) is 18.3 Å². The first-order valence-electron chi connectivity index (χ1n) is 6.47. The predicted octanol–water partition coefficient (Wildman–Crippen LogP) is 1.59. The molecule has 2 N–H and O–H groups in total. The zero-order valence-electron chi connectivity index (χ0n) is 12.3. The van der Waals surface area contributed by atoms with Gasteiger partial charge in [0.15, 0.2) is 0 Å². The first-order valence-corrected chi connectivity index (χ1v) is 8.36. The number of rotatable bonds is 7. The maximum atomic E-state index is 12.9. The minimum Gasteiger partial charge on any atom is -0.307 e. The number of hydrogen-bond acceptors (Lipinski definition) is 4. The molecule has 0 fully saturated rings. The van der Waals surface area contributed by atoms with E-state index in [0.717, 1.165) is 18.4 Å². The van der Waals surface area contributed by atoms with Crippen molar-refractivity contribution >= 4 is 10.0 Å². The zero-order chi connectivity index (χ0) is 15.4. The fourth-order valence-corrected chi connectivity index (χ4v) is 3.04. The molecule has 0 amide bonds. The highest BCUT2D eigenvalue weighted by Gasteiger charge is 2.23. The van der Waals surface area contributed by atoms with Crippen LogP contribution in [-0.4, -0.2) is 31.7 Å². The van der Waals surface area contributed by atoms with Gasteiger partial charge in [0.05, 0.1) is 18.1 Å². The van der Waals surface area contributed by atoms with Gasteiger partial charge in [0.2, 0.25) is 10.0 Å². The van der Waals surface area contributed by atoms with E-state index in [1.165, 1.54) is 12.3 Å². The second-order valence-corrected chi connectivity index (χ2v) is 7.25. The van der Waals surface area contributed by atoms with Crippen molar-refractivity contribution in [2.45, 2.75) is 38.8 Å². The summed E-state index contributed by atoms with van der Waals surface area (Å²) in [6.45, 7) is 6.02. The summed E-state index contributed by atoms with van der Waals surface area (Å²) in [5.41, 5.74) is 0.130. The number of pyridine rings is 1. The second-order valence-electron chi connectivity index (χ2n) is 5.50. The molecule has 1 aromatic heterocycles. The Balaban J connectivity index is 2.68. The van der Waals surface area contributed by atoms with Gasteiger partial charge < -0.3 is 5.32 Å². The number of nitrogens with zero attached hydrogens (tertiary/aromatic N) is 1. The van der Waals surface area contributed by atoms with E-state index in [-0.39, 0.29) is 11.9 Å². The topological polar surface area (TPSA) is 71.1 Å². The van der Waals surface area contributed by atoms with Crippen molar-refractivity contribution < 1.29 is 12.8 Å². The molecule has 20 heavy (non-hydrogen) atoms. The molecule has 114 valence electrons. The number of nitrogens with one attached hydrogen (secondary N) is 2. The van der Waals surface area contributed by atoms with Gasteiger partial charge in [-0.2, -0.15) is 0 Å². The van der Waals surface area contributed by atoms with Gasteiger partial charge in [-0.15, -0.1) is 0 Å². The van der Waals surface area contributed by atoms with Crippen LogP contribution >= 0.6 is 0 Å². The van der Waals surface area contributed by atoms with Crippen molar-refractivity contribution in [2.75, 3.05) is 12.8 Å². The molecule has 0 aliphatic heterocycles. The minimum atomic E-state index is -3.26. The van der Waals surface area contributed by atoms with E-state index in [1.807, 2.05) is 6.92 Å². The van der Waals surface area contributed by atoms with Gasteiger partial charge in [0, 0.05) is 18.1 Å². The van der Waals surface area contributed by atoms with Gasteiger partial charge in [-0.05, 0) is 32.4 Å². The fourth-order valence-electron chi connectivity index (χ4n) is 1.97. The summed E-state index contributed by atoms with van der Waals surface area (Å²) < 4.78 is 38.0. The molecule has 1 heterocycles. The molecule has 0 saturated carbocycles. The highest BCUT2D eigenvalue weighted by Crippen LogP contribution is 2.15. The van der Waals surface area contributed by atoms with Crippen molar-refractivity contribution in [3.05, 3.63) is 29.8 Å². The first-order chi connectivity index (χ1) is 9.13. The Bertz CT molecular complexity index is 529. The van der Waals surface area contributed by atoms with E-state index >= 15 is 0 Å². The molecule has 0 aromatic carbocycles. The lowest BCUT2D eigenvalue weighted by Crippen LogP contribution is -2.50. The standard InChI is InChI=1S/C13H22FN3O2S/c1-5-11(12-7-6-10(14)8-15-12)16-9-13(2,3)17-20(4,18)19/h6-8,11,16-17H,5,9H2,1-4H3. The highest BCUT2D eigenvalue weighted by atomic mass is 32.2. The fraction of sp³-hybridized carbons (Fsp3) is 0.615. The highest BCUT2D eigenvalue weighted by molar-refractivity contribution is 7.88. The molecule has 7 heteroatoms. The molecular formula is C13H22FN3O2S. The largest absolute Gasteiger partial charge is 0.307 e. The van der Waals surface area contributed by atoms with Crippen LogP contribution in [0.5, 0.6) is 0 Å². The van der Waals surface area contributed by atoms with E-state index in [1.54, 1.807) is 19.9 Å². The van der Waals surface area contributed by atoms with Gasteiger partial charge in [-0.1, -0.05) is 6.92 Å². The summed E-state index contributed by atoms with van der Waals surface area (Å²) in [4.78, 5) is 4.05. The van der Waals surface area contributed by atoms with Crippen LogP contribution in [0.25, 0.3) is 0 Å². The molecule has 0 bridgehead atoms. The van der Waals surface area contributed by atoms with Crippen molar-refractivity contribution in [1.29, 1.82) is 0 Å². The van der Waals surface area contributed by atoms with Crippen molar-refractivity contribution in [3.8, 4) is 0 Å². The Labute approximate surface area is 120 Å². The summed E-state index contributed by atoms with van der Waals surface area (Å²) in [7, 11) is -3.26. The molecule has 0 saturated heterocycles. The molecule has 0 aliphatic carbocycles. The first kappa shape index (κ1) is 17.0. The van der Waals surface area contributed by atoms with Gasteiger partial charge in [0.1, 0.15) is 5.82 Å². The maximum absolute atomic E-state index is 12.9. The van der Waals surface area contributed by atoms with E-state index < -0.39 is 15.6 Å². The number of aromatic nitrogens is 1. The molecular weight excluding hydrogens is 281 g/mol. The molecule has 0 aliphatic rings. The van der Waals surface area contributed by atoms with E-state index in [4.69, 9.17) is 0 Å². The van der Waals surface area contributed by atoms with E-state index in [0.29, 0.717) is 6.54 Å². The monoisotopic (exact) mass is 303 g/mol. The number of hydrogen-bond donors (Lipinski definition) is 2. The average Bonchev–Trinajstić information content (AvgIpc) is 2.29. The summed E-state index contributed by atoms with van der Waals surface area (Å²) in [5.74, 6) is -0.373. The van der Waals surface area contributed by atoms with Crippen molar-refractivity contribution in [1.82, 2.24) is 15.0 Å². The van der Waals surface area contributed by atoms with Crippen LogP contribution in [0.2, 0.25) is 0 Å². The quantitative estimate of drug-likeness (QED) is 0.802. The molecule has 5 nitrogen and oxygen atoms in total. The number of halogens is 1. The van der Waals surface area contributed by atoms with Crippen LogP contribution in [0.4, 0.5) is 4.39 Å². The Morgan fingerprint density at radius 1 is 1.40 bits per heavy atom. The normalized spacial score (nSPS) is 14.2. The van der Waals surface area contributed by atoms with Gasteiger partial charge >= 0.3 is 0 Å². The predicted molar refractivity (Wildman–Crippen MR) is 77.3 cm³/mol. The number of sulfonamides is 1. The van der Waals surface area contributed by atoms with Crippen LogP contribution in [0.3, 0.4) is 0 Å². The third-order valence-electron chi connectivity index (χ3n) is 2.77. The SMILES string of the molecule is CCC(NCC(C)(C)NS(C)(=O)=O)c1ccc(F)cn1. The molecule has 0 radical (unpaired) electrons. The molecule has 1 atom stereocenters. The summed E-state index contributed by atoms with van der Waals surface area (Å²) in [6, 6.07) is 2.95. The molecule has 1 aromatic rings. The van der Waals surface area contributed by atoms with Crippen LogP contribution < -0.4 is 10.0 Å². The lowest BCUT2D eigenvalue weighted by atomic mass is 10.1. The lowest BCUT2D eigenvalue weighted by Gasteiger charge is -2.28. The Morgan fingerprint density at radius 3 is 2.50 bits per heavy atom. The Morgan fingerprint density at radius 2 is 2.05 bits per heavy atom.